The highest BCUT2D eigenvalue weighted by atomic mass is 16.3. The molecule has 0 radical (unpaired) electrons. The van der Waals surface area contributed by atoms with Crippen LogP contribution in [0.4, 0.5) is 5.69 Å². The molecule has 0 unspecified atom stereocenters. The van der Waals surface area contributed by atoms with E-state index in [9.17, 15) is 19.8 Å². The Morgan fingerprint density at radius 2 is 1.66 bits per heavy atom. The molecule has 0 aliphatic rings. The molecule has 0 spiro atoms. The summed E-state index contributed by atoms with van der Waals surface area (Å²) in [4.78, 5) is 24.4. The number of hydrogen-bond acceptors (Lipinski definition) is 5. The maximum atomic E-state index is 12.3. The number of nitrogens with one attached hydrogen (secondary N) is 2. The molecule has 0 aliphatic carbocycles. The quantitative estimate of drug-likeness (QED) is 0.396. The lowest BCUT2D eigenvalue weighted by molar-refractivity contribution is 0.0954. The van der Waals surface area contributed by atoms with Crippen molar-refractivity contribution in [3.8, 4) is 11.5 Å². The van der Waals surface area contributed by atoms with Gasteiger partial charge in [-0.3, -0.25) is 9.59 Å². The lowest BCUT2D eigenvalue weighted by Gasteiger charge is -2.07. The van der Waals surface area contributed by atoms with Gasteiger partial charge in [-0.2, -0.15) is 5.10 Å². The molecule has 3 aromatic rings. The molecular weight excluding hydrogens is 370 g/mol. The zero-order valence-corrected chi connectivity index (χ0v) is 15.6. The highest BCUT2D eigenvalue weighted by Gasteiger charge is 2.08. The van der Waals surface area contributed by atoms with Crippen LogP contribution in [0.2, 0.25) is 0 Å². The number of benzene rings is 3. The lowest BCUT2D eigenvalue weighted by Crippen LogP contribution is -2.18. The molecular formula is C22H19N3O4. The van der Waals surface area contributed by atoms with Gasteiger partial charge in [0.1, 0.15) is 11.5 Å². The van der Waals surface area contributed by atoms with Crippen LogP contribution >= 0.6 is 0 Å². The molecule has 2 amide bonds. The highest BCUT2D eigenvalue weighted by Crippen LogP contribution is 2.20. The third kappa shape index (κ3) is 5.20. The van der Waals surface area contributed by atoms with Crippen LogP contribution in [0.25, 0.3) is 0 Å². The van der Waals surface area contributed by atoms with Crippen LogP contribution in [-0.4, -0.2) is 28.2 Å². The van der Waals surface area contributed by atoms with Gasteiger partial charge in [0.05, 0.1) is 6.21 Å². The average molecular weight is 389 g/mol. The molecule has 146 valence electrons. The van der Waals surface area contributed by atoms with Crippen LogP contribution in [-0.2, 0) is 0 Å². The fraction of sp³-hybridized carbons (Fsp3) is 0.0455. The lowest BCUT2D eigenvalue weighted by atomic mass is 10.1. The standard InChI is InChI=1S/C22H19N3O4/c1-14-3-2-4-16(11-14)21(28)24-18-8-5-15(6-9-18)22(29)25-23-13-17-7-10-19(26)12-20(17)27/h2-13,26-27H,1H3,(H,24,28)(H,25,29)/b23-13-. The van der Waals surface area contributed by atoms with E-state index < -0.39 is 5.91 Å². The van der Waals surface area contributed by atoms with Crippen LogP contribution in [0.5, 0.6) is 11.5 Å². The van der Waals surface area contributed by atoms with Gasteiger partial charge < -0.3 is 15.5 Å². The summed E-state index contributed by atoms with van der Waals surface area (Å²) in [7, 11) is 0. The number of anilines is 1. The van der Waals surface area contributed by atoms with E-state index in [2.05, 4.69) is 15.8 Å². The summed E-state index contributed by atoms with van der Waals surface area (Å²) in [5.74, 6) is -0.907. The van der Waals surface area contributed by atoms with Gasteiger partial charge in [0.15, 0.2) is 0 Å². The van der Waals surface area contributed by atoms with Crippen LogP contribution in [0.3, 0.4) is 0 Å². The molecule has 29 heavy (non-hydrogen) atoms. The third-order valence-corrected chi connectivity index (χ3v) is 4.07. The number of nitrogens with zero attached hydrogens (tertiary/aromatic N) is 1. The first kappa shape index (κ1) is 19.6. The van der Waals surface area contributed by atoms with E-state index in [4.69, 9.17) is 0 Å². The van der Waals surface area contributed by atoms with Crippen LogP contribution in [0, 0.1) is 6.92 Å². The monoisotopic (exact) mass is 389 g/mol. The van der Waals surface area contributed by atoms with Gasteiger partial charge in [0.25, 0.3) is 11.8 Å². The van der Waals surface area contributed by atoms with Crippen molar-refractivity contribution in [2.24, 2.45) is 5.10 Å². The summed E-state index contributed by atoms with van der Waals surface area (Å²) in [5.41, 5.74) is 5.15. The first-order valence-corrected chi connectivity index (χ1v) is 8.76. The highest BCUT2D eigenvalue weighted by molar-refractivity contribution is 6.04. The second-order valence-electron chi connectivity index (χ2n) is 6.34. The molecule has 3 rings (SSSR count). The molecule has 0 atom stereocenters. The summed E-state index contributed by atoms with van der Waals surface area (Å²) >= 11 is 0. The summed E-state index contributed by atoms with van der Waals surface area (Å²) in [6.45, 7) is 1.91. The molecule has 0 aliphatic heterocycles. The van der Waals surface area contributed by atoms with Crippen molar-refractivity contribution in [3.05, 3.63) is 89.0 Å². The smallest absolute Gasteiger partial charge is 0.271 e. The van der Waals surface area contributed by atoms with Gasteiger partial charge in [-0.25, -0.2) is 5.43 Å². The summed E-state index contributed by atoms with van der Waals surface area (Å²) in [6, 6.07) is 17.7. The zero-order chi connectivity index (χ0) is 20.8. The molecule has 0 aromatic heterocycles. The number of carbonyl (C=O) groups is 2. The Bertz CT molecular complexity index is 1080. The minimum absolute atomic E-state index is 0.0711. The molecule has 4 N–H and O–H groups in total. The topological polar surface area (TPSA) is 111 Å². The Kier molecular flexibility index (Phi) is 5.89. The molecule has 0 heterocycles. The predicted molar refractivity (Wildman–Crippen MR) is 110 cm³/mol. The van der Waals surface area contributed by atoms with Crippen molar-refractivity contribution < 1.29 is 19.8 Å². The van der Waals surface area contributed by atoms with Crippen molar-refractivity contribution in [2.45, 2.75) is 6.92 Å². The average Bonchev–Trinajstić information content (AvgIpc) is 2.70. The molecule has 7 nitrogen and oxygen atoms in total. The van der Waals surface area contributed by atoms with Gasteiger partial charge >= 0.3 is 0 Å². The Morgan fingerprint density at radius 1 is 0.897 bits per heavy atom. The fourth-order valence-corrected chi connectivity index (χ4v) is 2.56. The number of hydrogen-bond donors (Lipinski definition) is 4. The first-order chi connectivity index (χ1) is 13.9. The number of phenols is 2. The Hall–Kier alpha value is -4.13. The van der Waals surface area contributed by atoms with Crippen molar-refractivity contribution in [1.82, 2.24) is 5.43 Å². The molecule has 0 bridgehead atoms. The SMILES string of the molecule is Cc1cccc(C(=O)Nc2ccc(C(=O)N/N=C\c3ccc(O)cc3O)cc2)c1. The van der Waals surface area contributed by atoms with E-state index in [1.165, 1.54) is 24.4 Å². The second kappa shape index (κ2) is 8.71. The summed E-state index contributed by atoms with van der Waals surface area (Å²) < 4.78 is 0. The Labute approximate surface area is 167 Å². The number of phenolic OH excluding ortho intramolecular Hbond substituents is 2. The van der Waals surface area contributed by atoms with Crippen LogP contribution in [0.15, 0.2) is 71.8 Å². The van der Waals surface area contributed by atoms with Gasteiger partial charge in [0, 0.05) is 28.4 Å². The fourth-order valence-electron chi connectivity index (χ4n) is 2.56. The van der Waals surface area contributed by atoms with E-state index >= 15 is 0 Å². The zero-order valence-electron chi connectivity index (χ0n) is 15.6. The van der Waals surface area contributed by atoms with E-state index in [-0.39, 0.29) is 17.4 Å². The summed E-state index contributed by atoms with van der Waals surface area (Å²) in [5, 5.41) is 25.5. The molecule has 7 heteroatoms. The van der Waals surface area contributed by atoms with E-state index in [0.29, 0.717) is 22.4 Å². The minimum atomic E-state index is -0.448. The van der Waals surface area contributed by atoms with Crippen molar-refractivity contribution in [3.63, 3.8) is 0 Å². The van der Waals surface area contributed by atoms with Crippen molar-refractivity contribution in [1.29, 1.82) is 0 Å². The number of carbonyl (C=O) groups excluding carboxylic acids is 2. The van der Waals surface area contributed by atoms with Gasteiger partial charge in [-0.05, 0) is 55.5 Å². The predicted octanol–water partition coefficient (Wildman–Crippen LogP) is 3.42. The Morgan fingerprint density at radius 3 is 2.34 bits per heavy atom. The molecule has 0 saturated carbocycles. The van der Waals surface area contributed by atoms with E-state index in [1.807, 2.05) is 19.1 Å². The van der Waals surface area contributed by atoms with Gasteiger partial charge in [-0.1, -0.05) is 17.7 Å². The maximum absolute atomic E-state index is 12.3. The Balaban J connectivity index is 1.59. The van der Waals surface area contributed by atoms with Crippen molar-refractivity contribution in [2.75, 3.05) is 5.32 Å². The van der Waals surface area contributed by atoms with E-state index in [1.54, 1.807) is 36.4 Å². The van der Waals surface area contributed by atoms with Gasteiger partial charge in [0.2, 0.25) is 0 Å². The normalized spacial score (nSPS) is 10.7. The number of aryl methyl sites for hydroxylation is 1. The second-order valence-corrected chi connectivity index (χ2v) is 6.34. The van der Waals surface area contributed by atoms with Crippen LogP contribution < -0.4 is 10.7 Å². The first-order valence-electron chi connectivity index (χ1n) is 8.76. The third-order valence-electron chi connectivity index (χ3n) is 4.07. The van der Waals surface area contributed by atoms with Crippen molar-refractivity contribution >= 4 is 23.7 Å². The largest absolute Gasteiger partial charge is 0.508 e. The summed E-state index contributed by atoms with van der Waals surface area (Å²) in [6.07, 6.45) is 1.27. The van der Waals surface area contributed by atoms with Crippen LogP contribution in [0.1, 0.15) is 31.8 Å². The number of aromatic hydroxyl groups is 2. The maximum Gasteiger partial charge on any atom is 0.271 e. The number of hydrazone groups is 1. The molecule has 3 aromatic carbocycles. The number of amides is 2. The van der Waals surface area contributed by atoms with Gasteiger partial charge in [-0.15, -0.1) is 0 Å². The number of rotatable bonds is 5. The minimum Gasteiger partial charge on any atom is -0.508 e. The molecule has 0 fully saturated rings. The van der Waals surface area contributed by atoms with E-state index in [0.717, 1.165) is 5.56 Å². The molecule has 0 saturated heterocycles.